The van der Waals surface area contributed by atoms with Gasteiger partial charge in [0.2, 0.25) is 0 Å². The molecule has 76 valence electrons. The van der Waals surface area contributed by atoms with Gasteiger partial charge in [0.1, 0.15) is 0 Å². The van der Waals surface area contributed by atoms with Gasteiger partial charge >= 0.3 is 0 Å². The number of ether oxygens (including phenoxy) is 1. The second kappa shape index (κ2) is 4.42. The monoisotopic (exact) mass is 192 g/mol. The summed E-state index contributed by atoms with van der Waals surface area (Å²) in [4.78, 5) is 0. The van der Waals surface area contributed by atoms with Gasteiger partial charge in [-0.05, 0) is 12.8 Å². The van der Waals surface area contributed by atoms with Crippen molar-refractivity contribution >= 4 is 6.08 Å². The Morgan fingerprint density at radius 2 is 2.64 bits per heavy atom. The largest absolute Gasteiger partial charge is 0.381 e. The van der Waals surface area contributed by atoms with Crippen LogP contribution >= 0.6 is 0 Å². The average molecular weight is 192 g/mol. The normalized spacial score (nSPS) is 22.1. The van der Waals surface area contributed by atoms with Crippen LogP contribution < -0.4 is 0 Å². The van der Waals surface area contributed by atoms with Gasteiger partial charge in [-0.25, -0.2) is 0 Å². The minimum atomic E-state index is 0.626. The quantitative estimate of drug-likeness (QED) is 0.732. The SMILES string of the molecule is C=Cc1cnn(C[C@@H]2CCCOC2)c1. The molecule has 0 spiro atoms. The smallest absolute Gasteiger partial charge is 0.0562 e. The zero-order valence-corrected chi connectivity index (χ0v) is 8.35. The fourth-order valence-corrected chi connectivity index (χ4v) is 1.80. The second-order valence-electron chi connectivity index (χ2n) is 3.78. The zero-order valence-electron chi connectivity index (χ0n) is 8.35. The van der Waals surface area contributed by atoms with Crippen molar-refractivity contribution in [3.63, 3.8) is 0 Å². The van der Waals surface area contributed by atoms with Crippen LogP contribution in [0.15, 0.2) is 19.0 Å². The van der Waals surface area contributed by atoms with Gasteiger partial charge in [0, 0.05) is 30.8 Å². The lowest BCUT2D eigenvalue weighted by molar-refractivity contribution is 0.0470. The van der Waals surface area contributed by atoms with Gasteiger partial charge < -0.3 is 4.74 Å². The molecular weight excluding hydrogens is 176 g/mol. The Bertz CT molecular complexity index is 300. The van der Waals surface area contributed by atoms with E-state index in [9.17, 15) is 0 Å². The minimum absolute atomic E-state index is 0.626. The van der Waals surface area contributed by atoms with E-state index in [-0.39, 0.29) is 0 Å². The van der Waals surface area contributed by atoms with Crippen LogP contribution in [0.1, 0.15) is 18.4 Å². The first-order chi connectivity index (χ1) is 6.88. The molecule has 1 fully saturated rings. The summed E-state index contributed by atoms with van der Waals surface area (Å²) in [6, 6.07) is 0. The van der Waals surface area contributed by atoms with Gasteiger partial charge in [0.05, 0.1) is 12.8 Å². The standard InChI is InChI=1S/C11H16N2O/c1-2-10-6-12-13(7-10)8-11-4-3-5-14-9-11/h2,6-7,11H,1,3-5,8-9H2/t11-/m0/s1. The molecule has 1 aliphatic rings. The lowest BCUT2D eigenvalue weighted by Crippen LogP contribution is -2.22. The number of rotatable bonds is 3. The third-order valence-electron chi connectivity index (χ3n) is 2.59. The first-order valence-electron chi connectivity index (χ1n) is 5.11. The number of hydrogen-bond acceptors (Lipinski definition) is 2. The van der Waals surface area contributed by atoms with E-state index in [1.54, 1.807) is 0 Å². The summed E-state index contributed by atoms with van der Waals surface area (Å²) in [5.74, 6) is 0.626. The Balaban J connectivity index is 1.92. The summed E-state index contributed by atoms with van der Waals surface area (Å²) in [6.45, 7) is 6.48. The lowest BCUT2D eigenvalue weighted by Gasteiger charge is -2.21. The zero-order chi connectivity index (χ0) is 9.80. The maximum atomic E-state index is 5.43. The van der Waals surface area contributed by atoms with Crippen LogP contribution in [0.2, 0.25) is 0 Å². The molecule has 1 aromatic rings. The van der Waals surface area contributed by atoms with E-state index in [0.717, 1.165) is 25.3 Å². The molecule has 1 atom stereocenters. The predicted molar refractivity (Wildman–Crippen MR) is 55.9 cm³/mol. The van der Waals surface area contributed by atoms with E-state index >= 15 is 0 Å². The molecule has 2 rings (SSSR count). The van der Waals surface area contributed by atoms with Crippen molar-refractivity contribution in [2.24, 2.45) is 5.92 Å². The Morgan fingerprint density at radius 3 is 3.29 bits per heavy atom. The molecular formula is C11H16N2O. The Morgan fingerprint density at radius 1 is 1.71 bits per heavy atom. The molecule has 0 radical (unpaired) electrons. The topological polar surface area (TPSA) is 27.1 Å². The molecule has 0 aliphatic carbocycles. The highest BCUT2D eigenvalue weighted by molar-refractivity contribution is 5.43. The average Bonchev–Trinajstić information content (AvgIpc) is 2.67. The molecule has 1 aromatic heterocycles. The van der Waals surface area contributed by atoms with E-state index in [4.69, 9.17) is 4.74 Å². The Labute approximate surface area is 84.4 Å². The van der Waals surface area contributed by atoms with Gasteiger partial charge in [-0.15, -0.1) is 0 Å². The van der Waals surface area contributed by atoms with E-state index in [0.29, 0.717) is 5.92 Å². The highest BCUT2D eigenvalue weighted by atomic mass is 16.5. The first kappa shape index (κ1) is 9.46. The van der Waals surface area contributed by atoms with Crippen molar-refractivity contribution in [3.05, 3.63) is 24.5 Å². The Kier molecular flexibility index (Phi) is 2.99. The van der Waals surface area contributed by atoms with E-state index in [2.05, 4.69) is 11.7 Å². The van der Waals surface area contributed by atoms with Crippen LogP contribution in [0.3, 0.4) is 0 Å². The summed E-state index contributed by atoms with van der Waals surface area (Å²) in [7, 11) is 0. The number of nitrogens with zero attached hydrogens (tertiary/aromatic N) is 2. The molecule has 0 bridgehead atoms. The summed E-state index contributed by atoms with van der Waals surface area (Å²) in [5, 5.41) is 4.27. The third-order valence-corrected chi connectivity index (χ3v) is 2.59. The van der Waals surface area contributed by atoms with Crippen molar-refractivity contribution in [2.45, 2.75) is 19.4 Å². The van der Waals surface area contributed by atoms with Gasteiger partial charge in [-0.3, -0.25) is 4.68 Å². The third kappa shape index (κ3) is 2.23. The Hall–Kier alpha value is -1.09. The fourth-order valence-electron chi connectivity index (χ4n) is 1.80. The molecule has 0 saturated carbocycles. The van der Waals surface area contributed by atoms with Crippen LogP contribution in [0.25, 0.3) is 6.08 Å². The van der Waals surface area contributed by atoms with Crippen LogP contribution in [0.5, 0.6) is 0 Å². The summed E-state index contributed by atoms with van der Waals surface area (Å²) in [5.41, 5.74) is 1.08. The van der Waals surface area contributed by atoms with Crippen molar-refractivity contribution in [2.75, 3.05) is 13.2 Å². The summed E-state index contributed by atoms with van der Waals surface area (Å²) in [6.07, 6.45) is 8.13. The van der Waals surface area contributed by atoms with Crippen molar-refractivity contribution in [3.8, 4) is 0 Å². The van der Waals surface area contributed by atoms with Crippen LogP contribution in [-0.4, -0.2) is 23.0 Å². The fraction of sp³-hybridized carbons (Fsp3) is 0.545. The highest BCUT2D eigenvalue weighted by Crippen LogP contribution is 2.15. The van der Waals surface area contributed by atoms with Gasteiger partial charge in [-0.2, -0.15) is 5.10 Å². The first-order valence-corrected chi connectivity index (χ1v) is 5.11. The number of hydrogen-bond donors (Lipinski definition) is 0. The van der Waals surface area contributed by atoms with E-state index < -0.39 is 0 Å². The molecule has 0 amide bonds. The molecule has 3 nitrogen and oxygen atoms in total. The maximum Gasteiger partial charge on any atom is 0.0562 e. The van der Waals surface area contributed by atoms with Gasteiger partial charge in [0.15, 0.2) is 0 Å². The van der Waals surface area contributed by atoms with E-state index in [1.807, 2.05) is 23.2 Å². The molecule has 0 unspecified atom stereocenters. The maximum absolute atomic E-state index is 5.43. The van der Waals surface area contributed by atoms with Crippen molar-refractivity contribution < 1.29 is 4.74 Å². The lowest BCUT2D eigenvalue weighted by atomic mass is 10.0. The van der Waals surface area contributed by atoms with Gasteiger partial charge in [-0.1, -0.05) is 12.7 Å². The predicted octanol–water partition coefficient (Wildman–Crippen LogP) is 1.95. The van der Waals surface area contributed by atoms with Crippen LogP contribution in [0.4, 0.5) is 0 Å². The molecule has 1 saturated heterocycles. The number of aromatic nitrogens is 2. The highest BCUT2D eigenvalue weighted by Gasteiger charge is 2.14. The van der Waals surface area contributed by atoms with E-state index in [1.165, 1.54) is 12.8 Å². The molecule has 3 heteroatoms. The molecule has 2 heterocycles. The molecule has 1 aliphatic heterocycles. The van der Waals surface area contributed by atoms with Gasteiger partial charge in [0.25, 0.3) is 0 Å². The van der Waals surface area contributed by atoms with Crippen molar-refractivity contribution in [1.29, 1.82) is 0 Å². The second-order valence-corrected chi connectivity index (χ2v) is 3.78. The summed E-state index contributed by atoms with van der Waals surface area (Å²) >= 11 is 0. The van der Waals surface area contributed by atoms with Crippen molar-refractivity contribution in [1.82, 2.24) is 9.78 Å². The molecule has 0 aromatic carbocycles. The minimum Gasteiger partial charge on any atom is -0.381 e. The molecule has 14 heavy (non-hydrogen) atoms. The van der Waals surface area contributed by atoms with Crippen LogP contribution in [-0.2, 0) is 11.3 Å². The van der Waals surface area contributed by atoms with Crippen LogP contribution in [0, 0.1) is 5.92 Å². The molecule has 0 N–H and O–H groups in total. The summed E-state index contributed by atoms with van der Waals surface area (Å²) < 4.78 is 7.41.